The van der Waals surface area contributed by atoms with Gasteiger partial charge in [0.15, 0.2) is 12.4 Å². The number of furan rings is 1. The zero-order valence-electron chi connectivity index (χ0n) is 16.9. The third-order valence-corrected chi connectivity index (χ3v) is 5.30. The summed E-state index contributed by atoms with van der Waals surface area (Å²) < 4.78 is 10.1. The summed E-state index contributed by atoms with van der Waals surface area (Å²) in [4.78, 5) is 36.8. The smallest absolute Gasteiger partial charge is 0.348 e. The van der Waals surface area contributed by atoms with Gasteiger partial charge in [-0.05, 0) is 48.2 Å². The van der Waals surface area contributed by atoms with Gasteiger partial charge in [-0.2, -0.15) is 0 Å². The summed E-state index contributed by atoms with van der Waals surface area (Å²) >= 11 is 1.05. The molecule has 0 radical (unpaired) electrons. The van der Waals surface area contributed by atoms with Crippen molar-refractivity contribution in [1.82, 2.24) is 0 Å². The summed E-state index contributed by atoms with van der Waals surface area (Å²) in [6, 6.07) is 12.1. The molecule has 0 bridgehead atoms. The van der Waals surface area contributed by atoms with Crippen molar-refractivity contribution in [3.05, 3.63) is 70.5 Å². The van der Waals surface area contributed by atoms with Gasteiger partial charge in [0, 0.05) is 5.69 Å². The first-order chi connectivity index (χ1) is 14.3. The van der Waals surface area contributed by atoms with Gasteiger partial charge in [-0.1, -0.05) is 32.0 Å². The molecule has 0 atom stereocenters. The molecule has 3 aromatic rings. The van der Waals surface area contributed by atoms with E-state index in [1.165, 1.54) is 18.4 Å². The molecule has 1 aromatic carbocycles. The fourth-order valence-electron chi connectivity index (χ4n) is 2.82. The first-order valence-corrected chi connectivity index (χ1v) is 10.2. The van der Waals surface area contributed by atoms with Crippen molar-refractivity contribution in [3.8, 4) is 0 Å². The second-order valence-corrected chi connectivity index (χ2v) is 8.00. The number of amides is 2. The molecule has 0 saturated heterocycles. The van der Waals surface area contributed by atoms with E-state index < -0.39 is 24.4 Å². The second-order valence-electron chi connectivity index (χ2n) is 6.91. The van der Waals surface area contributed by atoms with E-state index in [0.717, 1.165) is 28.2 Å². The van der Waals surface area contributed by atoms with E-state index in [1.54, 1.807) is 12.1 Å². The molecule has 156 valence electrons. The van der Waals surface area contributed by atoms with Crippen LogP contribution in [0.3, 0.4) is 0 Å². The number of thiophene rings is 1. The summed E-state index contributed by atoms with van der Waals surface area (Å²) in [5, 5.41) is 5.94. The van der Waals surface area contributed by atoms with Crippen LogP contribution in [-0.4, -0.2) is 24.4 Å². The van der Waals surface area contributed by atoms with Crippen LogP contribution in [0.5, 0.6) is 0 Å². The number of carbonyl (C=O) groups excluding carboxylic acids is 3. The Bertz CT molecular complexity index is 1050. The lowest BCUT2D eigenvalue weighted by atomic mass is 9.98. The highest BCUT2D eigenvalue weighted by Crippen LogP contribution is 2.27. The lowest BCUT2D eigenvalue weighted by molar-refractivity contribution is -0.119. The zero-order chi connectivity index (χ0) is 21.7. The highest BCUT2D eigenvalue weighted by molar-refractivity contribution is 7.18. The Morgan fingerprint density at radius 3 is 2.57 bits per heavy atom. The Hall–Kier alpha value is -3.39. The molecular formula is C22H22N2O5S. The number of ether oxygens (including phenoxy) is 1. The first-order valence-electron chi connectivity index (χ1n) is 9.36. The molecule has 0 unspecified atom stereocenters. The molecule has 0 aliphatic rings. The van der Waals surface area contributed by atoms with E-state index in [9.17, 15) is 14.4 Å². The molecule has 0 aliphatic heterocycles. The first kappa shape index (κ1) is 21.3. The number of carbonyl (C=O) groups is 3. The molecule has 0 saturated carbocycles. The van der Waals surface area contributed by atoms with Crippen LogP contribution >= 0.6 is 11.3 Å². The summed E-state index contributed by atoms with van der Waals surface area (Å²) in [5.74, 6) is -1.06. The van der Waals surface area contributed by atoms with Crippen molar-refractivity contribution in [2.75, 3.05) is 17.2 Å². The van der Waals surface area contributed by atoms with E-state index in [0.29, 0.717) is 5.00 Å². The lowest BCUT2D eigenvalue weighted by Crippen LogP contribution is -2.22. The summed E-state index contributed by atoms with van der Waals surface area (Å²) in [5.41, 5.74) is 2.70. The SMILES string of the molecule is Cc1cccc(C(C)C)c1NC(=O)COC(=O)c1ccc(NC(=O)c2ccco2)s1. The number of esters is 1. The highest BCUT2D eigenvalue weighted by atomic mass is 32.1. The van der Waals surface area contributed by atoms with Gasteiger partial charge in [0.25, 0.3) is 11.8 Å². The number of benzene rings is 1. The minimum atomic E-state index is -0.637. The molecular weight excluding hydrogens is 404 g/mol. The van der Waals surface area contributed by atoms with Gasteiger partial charge in [0.05, 0.1) is 11.3 Å². The molecule has 30 heavy (non-hydrogen) atoms. The van der Waals surface area contributed by atoms with Crippen LogP contribution in [0.1, 0.15) is 51.1 Å². The summed E-state index contributed by atoms with van der Waals surface area (Å²) in [6.45, 7) is 5.60. The predicted molar refractivity (Wildman–Crippen MR) is 115 cm³/mol. The zero-order valence-corrected chi connectivity index (χ0v) is 17.7. The molecule has 2 heterocycles. The Labute approximate surface area is 178 Å². The molecule has 2 aromatic heterocycles. The molecule has 7 nitrogen and oxygen atoms in total. The van der Waals surface area contributed by atoms with Gasteiger partial charge < -0.3 is 19.8 Å². The van der Waals surface area contributed by atoms with E-state index in [1.807, 2.05) is 39.0 Å². The number of rotatable bonds is 7. The number of aryl methyl sites for hydroxylation is 1. The Morgan fingerprint density at radius 2 is 1.87 bits per heavy atom. The minimum absolute atomic E-state index is 0.168. The molecule has 0 aliphatic carbocycles. The molecule has 0 fully saturated rings. The van der Waals surface area contributed by atoms with E-state index in [2.05, 4.69) is 10.6 Å². The molecule has 8 heteroatoms. The monoisotopic (exact) mass is 426 g/mol. The number of nitrogens with one attached hydrogen (secondary N) is 2. The van der Waals surface area contributed by atoms with Crippen LogP contribution < -0.4 is 10.6 Å². The van der Waals surface area contributed by atoms with Crippen molar-refractivity contribution in [2.24, 2.45) is 0 Å². The molecule has 3 rings (SSSR count). The number of hydrogen-bond acceptors (Lipinski definition) is 6. The molecule has 2 N–H and O–H groups in total. The van der Waals surface area contributed by atoms with Gasteiger partial charge in [0.1, 0.15) is 4.88 Å². The number of hydrogen-bond donors (Lipinski definition) is 2. The van der Waals surface area contributed by atoms with E-state index >= 15 is 0 Å². The maximum Gasteiger partial charge on any atom is 0.348 e. The van der Waals surface area contributed by atoms with Crippen LogP contribution in [-0.2, 0) is 9.53 Å². The van der Waals surface area contributed by atoms with Crippen LogP contribution in [0.2, 0.25) is 0 Å². The fourth-order valence-corrected chi connectivity index (χ4v) is 3.61. The Morgan fingerprint density at radius 1 is 1.07 bits per heavy atom. The standard InChI is InChI=1S/C22H22N2O5S/c1-13(2)15-7-4-6-14(3)20(15)23-18(25)12-29-22(27)17-9-10-19(30-17)24-21(26)16-8-5-11-28-16/h4-11,13H,12H2,1-3H3,(H,23,25)(H,24,26). The number of anilines is 2. The van der Waals surface area contributed by atoms with Gasteiger partial charge in [-0.15, -0.1) is 11.3 Å². The topological polar surface area (TPSA) is 97.6 Å². The number of para-hydroxylation sites is 1. The van der Waals surface area contributed by atoms with Crippen molar-refractivity contribution in [2.45, 2.75) is 26.7 Å². The van der Waals surface area contributed by atoms with Crippen LogP contribution in [0.4, 0.5) is 10.7 Å². The average Bonchev–Trinajstić information content (AvgIpc) is 3.39. The van der Waals surface area contributed by atoms with E-state index in [-0.39, 0.29) is 16.6 Å². The highest BCUT2D eigenvalue weighted by Gasteiger charge is 2.17. The summed E-state index contributed by atoms with van der Waals surface area (Å²) in [6.07, 6.45) is 1.40. The lowest BCUT2D eigenvalue weighted by Gasteiger charge is -2.16. The van der Waals surface area contributed by atoms with Crippen molar-refractivity contribution < 1.29 is 23.5 Å². The van der Waals surface area contributed by atoms with Crippen LogP contribution in [0.25, 0.3) is 0 Å². The van der Waals surface area contributed by atoms with Gasteiger partial charge in [0.2, 0.25) is 0 Å². The maximum absolute atomic E-state index is 12.3. The second kappa shape index (κ2) is 9.41. The normalized spacial score (nSPS) is 10.7. The molecule has 0 spiro atoms. The Balaban J connectivity index is 1.56. The van der Waals surface area contributed by atoms with Crippen molar-refractivity contribution >= 4 is 39.8 Å². The van der Waals surface area contributed by atoms with Crippen molar-refractivity contribution in [1.29, 1.82) is 0 Å². The van der Waals surface area contributed by atoms with Crippen molar-refractivity contribution in [3.63, 3.8) is 0 Å². The van der Waals surface area contributed by atoms with E-state index in [4.69, 9.17) is 9.15 Å². The summed E-state index contributed by atoms with van der Waals surface area (Å²) in [7, 11) is 0. The van der Waals surface area contributed by atoms with Gasteiger partial charge in [-0.3, -0.25) is 9.59 Å². The largest absolute Gasteiger partial charge is 0.459 e. The third kappa shape index (κ3) is 5.15. The van der Waals surface area contributed by atoms with Crippen LogP contribution in [0, 0.1) is 6.92 Å². The Kier molecular flexibility index (Phi) is 6.68. The quantitative estimate of drug-likeness (QED) is 0.528. The average molecular weight is 426 g/mol. The maximum atomic E-state index is 12.3. The third-order valence-electron chi connectivity index (χ3n) is 4.31. The fraction of sp³-hybridized carbons (Fsp3) is 0.227. The van der Waals surface area contributed by atoms with Gasteiger partial charge in [-0.25, -0.2) is 4.79 Å². The predicted octanol–water partition coefficient (Wildman–Crippen LogP) is 4.82. The molecule has 2 amide bonds. The van der Waals surface area contributed by atoms with Crippen LogP contribution in [0.15, 0.2) is 53.1 Å². The van der Waals surface area contributed by atoms with Gasteiger partial charge >= 0.3 is 5.97 Å². The minimum Gasteiger partial charge on any atom is -0.459 e.